The van der Waals surface area contributed by atoms with Crippen LogP contribution in [0.5, 0.6) is 0 Å². The van der Waals surface area contributed by atoms with Gasteiger partial charge in [0.2, 0.25) is 0 Å². The Morgan fingerprint density at radius 3 is 2.08 bits per heavy atom. The molecule has 5 nitrogen and oxygen atoms in total. The molecule has 0 radical (unpaired) electrons. The maximum atomic E-state index is 9.46. The first-order valence-corrected chi connectivity index (χ1v) is 4.34. The monoisotopic (exact) mass is 193 g/mol. The van der Waals surface area contributed by atoms with Crippen molar-refractivity contribution in [2.45, 2.75) is 25.2 Å². The third-order valence-corrected chi connectivity index (χ3v) is 2.14. The average Bonchev–Trinajstić information content (AvgIpc) is 2.14. The van der Waals surface area contributed by atoms with Crippen molar-refractivity contribution in [2.75, 3.05) is 20.2 Å². The topological polar surface area (TPSA) is 93.0 Å². The first kappa shape index (κ1) is 12.8. The van der Waals surface area contributed by atoms with Crippen LogP contribution in [0.3, 0.4) is 0 Å². The summed E-state index contributed by atoms with van der Waals surface area (Å²) in [7, 11) is 1.66. The fraction of sp³-hybridized carbons (Fsp3) is 1.00. The lowest BCUT2D eigenvalue weighted by atomic mass is 9.94. The molecule has 0 rings (SSSR count). The van der Waals surface area contributed by atoms with E-state index in [1.54, 1.807) is 14.0 Å². The minimum absolute atomic E-state index is 0.254. The molecule has 80 valence electrons. The van der Waals surface area contributed by atoms with Crippen molar-refractivity contribution in [1.82, 2.24) is 5.32 Å². The van der Waals surface area contributed by atoms with E-state index in [4.69, 9.17) is 5.11 Å². The Bertz CT molecular complexity index is 133. The zero-order valence-electron chi connectivity index (χ0n) is 8.01. The van der Waals surface area contributed by atoms with Gasteiger partial charge in [-0.3, -0.25) is 0 Å². The smallest absolute Gasteiger partial charge is 0.0926 e. The van der Waals surface area contributed by atoms with Gasteiger partial charge in [0.15, 0.2) is 0 Å². The number of aliphatic hydroxyl groups excluding tert-OH is 4. The van der Waals surface area contributed by atoms with E-state index in [0.717, 1.165) is 0 Å². The van der Waals surface area contributed by atoms with Crippen LogP contribution >= 0.6 is 0 Å². The molecule has 5 heteroatoms. The van der Waals surface area contributed by atoms with E-state index >= 15 is 0 Å². The van der Waals surface area contributed by atoms with Gasteiger partial charge in [-0.25, -0.2) is 0 Å². The molecular weight excluding hydrogens is 174 g/mol. The largest absolute Gasteiger partial charge is 0.394 e. The van der Waals surface area contributed by atoms with Crippen LogP contribution < -0.4 is 5.32 Å². The highest BCUT2D eigenvalue weighted by Gasteiger charge is 2.27. The van der Waals surface area contributed by atoms with Crippen LogP contribution in [0.4, 0.5) is 0 Å². The molecule has 0 unspecified atom stereocenters. The molecule has 0 spiro atoms. The molecule has 0 saturated carbocycles. The van der Waals surface area contributed by atoms with Crippen LogP contribution in [0.1, 0.15) is 6.92 Å². The predicted octanol–water partition coefficient (Wildman–Crippen LogP) is -2.08. The summed E-state index contributed by atoms with van der Waals surface area (Å²) in [6.45, 7) is 1.42. The number of rotatable bonds is 6. The fourth-order valence-corrected chi connectivity index (χ4v) is 1.07. The molecule has 0 aliphatic rings. The van der Waals surface area contributed by atoms with E-state index in [2.05, 4.69) is 5.32 Å². The van der Waals surface area contributed by atoms with Gasteiger partial charge in [0.25, 0.3) is 0 Å². The summed E-state index contributed by atoms with van der Waals surface area (Å²) in [5, 5.41) is 39.3. The van der Waals surface area contributed by atoms with Crippen molar-refractivity contribution in [3.8, 4) is 0 Å². The van der Waals surface area contributed by atoms with Crippen molar-refractivity contribution >= 4 is 0 Å². The zero-order chi connectivity index (χ0) is 10.4. The maximum Gasteiger partial charge on any atom is 0.0926 e. The Hall–Kier alpha value is -0.200. The first-order valence-electron chi connectivity index (χ1n) is 4.34. The van der Waals surface area contributed by atoms with Crippen LogP contribution in [0.2, 0.25) is 0 Å². The molecule has 0 saturated heterocycles. The van der Waals surface area contributed by atoms with Crippen LogP contribution in [0.25, 0.3) is 0 Å². The number of nitrogens with one attached hydrogen (secondary N) is 1. The quantitative estimate of drug-likeness (QED) is 0.334. The minimum Gasteiger partial charge on any atom is -0.394 e. The molecule has 0 bridgehead atoms. The Morgan fingerprint density at radius 2 is 1.69 bits per heavy atom. The van der Waals surface area contributed by atoms with Crippen LogP contribution in [0.15, 0.2) is 0 Å². The van der Waals surface area contributed by atoms with Gasteiger partial charge in [-0.05, 0) is 7.05 Å². The lowest BCUT2D eigenvalue weighted by Crippen LogP contribution is -2.43. The van der Waals surface area contributed by atoms with E-state index < -0.39 is 30.8 Å². The summed E-state index contributed by atoms with van der Waals surface area (Å²) in [5.74, 6) is -0.548. The van der Waals surface area contributed by atoms with Crippen molar-refractivity contribution in [3.05, 3.63) is 0 Å². The van der Waals surface area contributed by atoms with Gasteiger partial charge in [0.1, 0.15) is 0 Å². The highest BCUT2D eigenvalue weighted by molar-refractivity contribution is 4.78. The number of aliphatic hydroxyl groups is 4. The lowest BCUT2D eigenvalue weighted by Gasteiger charge is -2.26. The van der Waals surface area contributed by atoms with Gasteiger partial charge in [-0.15, -0.1) is 0 Å². The second-order valence-electron chi connectivity index (χ2n) is 3.22. The molecule has 0 heterocycles. The molecular formula is C8H19NO4. The molecule has 0 aromatic heterocycles. The van der Waals surface area contributed by atoms with Gasteiger partial charge < -0.3 is 25.7 Å². The van der Waals surface area contributed by atoms with E-state index in [-0.39, 0.29) is 6.54 Å². The molecule has 0 aromatic rings. The maximum absolute atomic E-state index is 9.46. The van der Waals surface area contributed by atoms with E-state index in [9.17, 15) is 15.3 Å². The Labute approximate surface area is 78.0 Å². The normalized spacial score (nSPS) is 20.8. The van der Waals surface area contributed by atoms with Gasteiger partial charge in [0, 0.05) is 12.5 Å². The number of hydrogen-bond donors (Lipinski definition) is 5. The first-order chi connectivity index (χ1) is 6.04. The highest BCUT2D eigenvalue weighted by Crippen LogP contribution is 2.11. The molecule has 0 amide bonds. The van der Waals surface area contributed by atoms with Crippen molar-refractivity contribution in [2.24, 2.45) is 5.92 Å². The molecule has 0 fully saturated rings. The van der Waals surface area contributed by atoms with Crippen molar-refractivity contribution < 1.29 is 20.4 Å². The Kier molecular flexibility index (Phi) is 6.19. The van der Waals surface area contributed by atoms with Crippen molar-refractivity contribution in [3.63, 3.8) is 0 Å². The number of likely N-dealkylation sites (N-methyl/N-ethyl adjacent to an activating group) is 1. The molecule has 5 N–H and O–H groups in total. The summed E-state index contributed by atoms with van der Waals surface area (Å²) < 4.78 is 0. The van der Waals surface area contributed by atoms with Gasteiger partial charge in [-0.2, -0.15) is 0 Å². The zero-order valence-corrected chi connectivity index (χ0v) is 8.01. The Morgan fingerprint density at radius 1 is 1.15 bits per heavy atom. The lowest BCUT2D eigenvalue weighted by molar-refractivity contribution is -0.0619. The summed E-state index contributed by atoms with van der Waals surface area (Å²) in [5.41, 5.74) is 0. The summed E-state index contributed by atoms with van der Waals surface area (Å²) in [4.78, 5) is 0. The summed E-state index contributed by atoms with van der Waals surface area (Å²) in [6.07, 6.45) is -2.96. The SMILES string of the molecule is CNC[C@H](O)[C@@H](O)[C@H](C)[C@H](O)CO. The van der Waals surface area contributed by atoms with Crippen LogP contribution in [0, 0.1) is 5.92 Å². The third-order valence-electron chi connectivity index (χ3n) is 2.14. The van der Waals surface area contributed by atoms with Gasteiger partial charge >= 0.3 is 0 Å². The van der Waals surface area contributed by atoms with Gasteiger partial charge in [0.05, 0.1) is 24.9 Å². The summed E-state index contributed by atoms with van der Waals surface area (Å²) in [6, 6.07) is 0. The Balaban J connectivity index is 3.99. The minimum atomic E-state index is -1.03. The van der Waals surface area contributed by atoms with Crippen LogP contribution in [-0.4, -0.2) is 58.9 Å². The molecule has 0 aliphatic heterocycles. The molecule has 13 heavy (non-hydrogen) atoms. The van der Waals surface area contributed by atoms with E-state index in [1.165, 1.54) is 0 Å². The molecule has 0 aliphatic carbocycles. The van der Waals surface area contributed by atoms with E-state index in [1.807, 2.05) is 0 Å². The summed E-state index contributed by atoms with van der Waals surface area (Å²) >= 11 is 0. The van der Waals surface area contributed by atoms with Gasteiger partial charge in [-0.1, -0.05) is 6.92 Å². The number of hydrogen-bond acceptors (Lipinski definition) is 5. The average molecular weight is 193 g/mol. The second kappa shape index (κ2) is 6.28. The highest BCUT2D eigenvalue weighted by atomic mass is 16.3. The van der Waals surface area contributed by atoms with Crippen molar-refractivity contribution in [1.29, 1.82) is 0 Å². The predicted molar refractivity (Wildman–Crippen MR) is 48.2 cm³/mol. The van der Waals surface area contributed by atoms with E-state index in [0.29, 0.717) is 0 Å². The third kappa shape index (κ3) is 4.02. The van der Waals surface area contributed by atoms with Crippen LogP contribution in [-0.2, 0) is 0 Å². The molecule has 0 aromatic carbocycles. The fourth-order valence-electron chi connectivity index (χ4n) is 1.07. The molecule has 4 atom stereocenters. The second-order valence-corrected chi connectivity index (χ2v) is 3.22. The standard InChI is InChI=1S/C8H19NO4/c1-5(7(12)4-10)8(13)6(11)3-9-2/h5-13H,3-4H2,1-2H3/t5-,6+,7-,8+/m1/s1.